The number of anilines is 1. The molecular formula is C13H7Cl2FN2O. The molecule has 0 saturated heterocycles. The van der Waals surface area contributed by atoms with Crippen LogP contribution in [0.5, 0.6) is 0 Å². The molecule has 0 unspecified atom stereocenters. The summed E-state index contributed by atoms with van der Waals surface area (Å²) < 4.78 is 19.0. The molecule has 2 heterocycles. The summed E-state index contributed by atoms with van der Waals surface area (Å²) >= 11 is 11.9. The first-order valence-corrected chi connectivity index (χ1v) is 6.12. The zero-order valence-corrected chi connectivity index (χ0v) is 11.0. The lowest BCUT2D eigenvalue weighted by Crippen LogP contribution is -1.93. The molecule has 3 aromatic rings. The molecule has 0 saturated carbocycles. The van der Waals surface area contributed by atoms with Gasteiger partial charge in [0, 0.05) is 5.39 Å². The van der Waals surface area contributed by atoms with Crippen LogP contribution in [0.3, 0.4) is 0 Å². The molecule has 0 bridgehead atoms. The Kier molecular flexibility index (Phi) is 2.84. The summed E-state index contributed by atoms with van der Waals surface area (Å²) in [5.74, 6) is 0.0391. The van der Waals surface area contributed by atoms with E-state index in [9.17, 15) is 4.39 Å². The molecule has 1 aromatic carbocycles. The topological polar surface area (TPSA) is 52.0 Å². The minimum absolute atomic E-state index is 0.141. The van der Waals surface area contributed by atoms with E-state index < -0.39 is 5.82 Å². The first-order chi connectivity index (χ1) is 9.06. The number of rotatable bonds is 1. The van der Waals surface area contributed by atoms with E-state index in [1.54, 1.807) is 18.2 Å². The maximum absolute atomic E-state index is 13.6. The summed E-state index contributed by atoms with van der Waals surface area (Å²) in [5, 5.41) is 1.18. The smallest absolute Gasteiger partial charge is 0.170 e. The first-order valence-electron chi connectivity index (χ1n) is 5.36. The second-order valence-electron chi connectivity index (χ2n) is 3.95. The second-order valence-corrected chi connectivity index (χ2v) is 4.77. The third kappa shape index (κ3) is 2.03. The number of nitrogens with two attached hydrogens (primary N) is 1. The molecule has 0 amide bonds. The quantitative estimate of drug-likeness (QED) is 0.718. The molecule has 0 atom stereocenters. The molecule has 0 aliphatic carbocycles. The lowest BCUT2D eigenvalue weighted by atomic mass is 10.2. The average molecular weight is 297 g/mol. The number of halogens is 3. The fourth-order valence-electron chi connectivity index (χ4n) is 1.80. The molecule has 3 nitrogen and oxygen atoms in total. The molecule has 0 aliphatic rings. The summed E-state index contributed by atoms with van der Waals surface area (Å²) in [4.78, 5) is 4.07. The molecule has 3 rings (SSSR count). The van der Waals surface area contributed by atoms with Gasteiger partial charge in [-0.1, -0.05) is 35.3 Å². The number of pyridine rings is 1. The first kappa shape index (κ1) is 12.3. The van der Waals surface area contributed by atoms with Gasteiger partial charge in [-0.25, -0.2) is 9.37 Å². The Morgan fingerprint density at radius 3 is 2.68 bits per heavy atom. The highest BCUT2D eigenvalue weighted by Gasteiger charge is 2.15. The van der Waals surface area contributed by atoms with Gasteiger partial charge in [0.2, 0.25) is 0 Å². The molecule has 0 spiro atoms. The van der Waals surface area contributed by atoms with E-state index in [2.05, 4.69) is 4.98 Å². The van der Waals surface area contributed by atoms with Gasteiger partial charge in [0.1, 0.15) is 11.5 Å². The number of hydrogen-bond donors (Lipinski definition) is 1. The van der Waals surface area contributed by atoms with E-state index in [0.29, 0.717) is 21.9 Å². The SMILES string of the molecule is Nc1nc(-c2cc3cccc(F)c3o2)c(Cl)cc1Cl. The number of furan rings is 1. The summed E-state index contributed by atoms with van der Waals surface area (Å²) in [7, 11) is 0. The van der Waals surface area contributed by atoms with Gasteiger partial charge in [0.15, 0.2) is 17.2 Å². The zero-order valence-electron chi connectivity index (χ0n) is 9.45. The van der Waals surface area contributed by atoms with E-state index >= 15 is 0 Å². The Morgan fingerprint density at radius 2 is 1.95 bits per heavy atom. The summed E-state index contributed by atoms with van der Waals surface area (Å²) in [6.07, 6.45) is 0. The minimum atomic E-state index is -0.443. The van der Waals surface area contributed by atoms with Gasteiger partial charge in [-0.05, 0) is 18.2 Å². The molecule has 2 aromatic heterocycles. The average Bonchev–Trinajstić information content (AvgIpc) is 2.79. The van der Waals surface area contributed by atoms with E-state index in [-0.39, 0.29) is 16.4 Å². The van der Waals surface area contributed by atoms with Crippen LogP contribution in [-0.4, -0.2) is 4.98 Å². The van der Waals surface area contributed by atoms with Crippen LogP contribution in [0, 0.1) is 5.82 Å². The fraction of sp³-hybridized carbons (Fsp3) is 0. The molecular weight excluding hydrogens is 290 g/mol. The number of para-hydroxylation sites is 1. The van der Waals surface area contributed by atoms with Crippen LogP contribution in [0.15, 0.2) is 34.7 Å². The monoisotopic (exact) mass is 296 g/mol. The summed E-state index contributed by atoms with van der Waals surface area (Å²) in [5.41, 5.74) is 6.12. The third-order valence-corrected chi connectivity index (χ3v) is 3.28. The number of hydrogen-bond acceptors (Lipinski definition) is 3. The van der Waals surface area contributed by atoms with Crippen molar-refractivity contribution in [1.29, 1.82) is 0 Å². The number of nitrogens with zero attached hydrogens (tertiary/aromatic N) is 1. The van der Waals surface area contributed by atoms with Crippen LogP contribution in [0.25, 0.3) is 22.4 Å². The maximum atomic E-state index is 13.6. The van der Waals surface area contributed by atoms with Crippen molar-refractivity contribution in [3.8, 4) is 11.5 Å². The standard InChI is InChI=1S/C13H7Cl2FN2O/c14-7-5-8(15)13(17)18-11(7)10-4-6-2-1-3-9(16)12(6)19-10/h1-5H,(H2,17,18). The van der Waals surface area contributed by atoms with Gasteiger partial charge < -0.3 is 10.2 Å². The predicted octanol–water partition coefficient (Wildman–Crippen LogP) is 4.52. The Bertz CT molecular complexity index is 786. The predicted molar refractivity (Wildman–Crippen MR) is 73.8 cm³/mol. The van der Waals surface area contributed by atoms with Gasteiger partial charge in [-0.2, -0.15) is 0 Å². The van der Waals surface area contributed by atoms with Crippen LogP contribution < -0.4 is 5.73 Å². The van der Waals surface area contributed by atoms with Crippen LogP contribution in [0.4, 0.5) is 10.2 Å². The molecule has 96 valence electrons. The minimum Gasteiger partial charge on any atom is -0.451 e. The molecule has 0 aliphatic heterocycles. The van der Waals surface area contributed by atoms with Crippen molar-refractivity contribution in [2.45, 2.75) is 0 Å². The third-order valence-electron chi connectivity index (χ3n) is 2.69. The van der Waals surface area contributed by atoms with E-state index in [1.165, 1.54) is 12.1 Å². The zero-order chi connectivity index (χ0) is 13.6. The Labute approximate surface area is 117 Å². The van der Waals surface area contributed by atoms with Crippen molar-refractivity contribution in [3.63, 3.8) is 0 Å². The van der Waals surface area contributed by atoms with Crippen molar-refractivity contribution < 1.29 is 8.81 Å². The lowest BCUT2D eigenvalue weighted by Gasteiger charge is -2.03. The molecule has 0 fully saturated rings. The van der Waals surface area contributed by atoms with E-state index in [4.69, 9.17) is 33.4 Å². The summed E-state index contributed by atoms with van der Waals surface area (Å²) in [6, 6.07) is 7.78. The largest absolute Gasteiger partial charge is 0.451 e. The fourth-order valence-corrected chi connectivity index (χ4v) is 2.25. The van der Waals surface area contributed by atoms with Crippen LogP contribution >= 0.6 is 23.2 Å². The highest BCUT2D eigenvalue weighted by atomic mass is 35.5. The molecule has 6 heteroatoms. The molecule has 0 radical (unpaired) electrons. The lowest BCUT2D eigenvalue weighted by molar-refractivity contribution is 0.567. The number of benzene rings is 1. The van der Waals surface area contributed by atoms with Gasteiger partial charge in [0.05, 0.1) is 10.0 Å². The van der Waals surface area contributed by atoms with Crippen molar-refractivity contribution in [1.82, 2.24) is 4.98 Å². The van der Waals surface area contributed by atoms with Gasteiger partial charge in [0.25, 0.3) is 0 Å². The van der Waals surface area contributed by atoms with Gasteiger partial charge in [-0.15, -0.1) is 0 Å². The summed E-state index contributed by atoms with van der Waals surface area (Å²) in [6.45, 7) is 0. The number of aromatic nitrogens is 1. The van der Waals surface area contributed by atoms with Crippen LogP contribution in [-0.2, 0) is 0 Å². The Hall–Kier alpha value is -1.78. The van der Waals surface area contributed by atoms with Gasteiger partial charge >= 0.3 is 0 Å². The number of nitrogen functional groups attached to an aromatic ring is 1. The van der Waals surface area contributed by atoms with Crippen LogP contribution in [0.1, 0.15) is 0 Å². The highest BCUT2D eigenvalue weighted by molar-refractivity contribution is 6.37. The second kappa shape index (κ2) is 4.40. The van der Waals surface area contributed by atoms with E-state index in [1.807, 2.05) is 0 Å². The molecule has 2 N–H and O–H groups in total. The Balaban J connectivity index is 2.25. The maximum Gasteiger partial charge on any atom is 0.170 e. The normalized spacial score (nSPS) is 11.1. The Morgan fingerprint density at radius 1 is 1.16 bits per heavy atom. The van der Waals surface area contributed by atoms with Crippen molar-refractivity contribution in [2.24, 2.45) is 0 Å². The number of fused-ring (bicyclic) bond motifs is 1. The van der Waals surface area contributed by atoms with Gasteiger partial charge in [-0.3, -0.25) is 0 Å². The highest BCUT2D eigenvalue weighted by Crippen LogP contribution is 2.34. The van der Waals surface area contributed by atoms with E-state index in [0.717, 1.165) is 0 Å². The van der Waals surface area contributed by atoms with Crippen molar-refractivity contribution in [2.75, 3.05) is 5.73 Å². The van der Waals surface area contributed by atoms with Crippen molar-refractivity contribution in [3.05, 3.63) is 46.2 Å². The molecule has 19 heavy (non-hydrogen) atoms. The van der Waals surface area contributed by atoms with Crippen molar-refractivity contribution >= 4 is 40.0 Å². The van der Waals surface area contributed by atoms with Crippen LogP contribution in [0.2, 0.25) is 10.0 Å².